The quantitative estimate of drug-likeness (QED) is 0.652. The highest BCUT2D eigenvalue weighted by Gasteiger charge is 2.31. The van der Waals surface area contributed by atoms with Crippen LogP contribution in [0.1, 0.15) is 56.2 Å². The Morgan fingerprint density at radius 2 is 1.70 bits per heavy atom. The maximum absolute atomic E-state index is 6.15. The summed E-state index contributed by atoms with van der Waals surface area (Å²) in [4.78, 5) is 2.70. The molecule has 1 saturated carbocycles. The lowest BCUT2D eigenvalue weighted by atomic mass is 9.80. The molecule has 1 saturated heterocycles. The third kappa shape index (κ3) is 5.35. The molecule has 2 fully saturated rings. The van der Waals surface area contributed by atoms with E-state index in [0.717, 1.165) is 43.6 Å². The minimum absolute atomic E-state index is 0.481. The SMILES string of the molecule is CCOc1cc([C@@H](C2CCCCC2)N2CCNCC2)ccc1OCc1ccccc1. The summed E-state index contributed by atoms with van der Waals surface area (Å²) in [5, 5.41) is 3.51. The highest BCUT2D eigenvalue weighted by atomic mass is 16.5. The molecule has 30 heavy (non-hydrogen) atoms. The van der Waals surface area contributed by atoms with Crippen molar-refractivity contribution in [1.29, 1.82) is 0 Å². The fourth-order valence-electron chi connectivity index (χ4n) is 5.02. The molecule has 1 atom stereocenters. The van der Waals surface area contributed by atoms with Gasteiger partial charge in [-0.15, -0.1) is 0 Å². The summed E-state index contributed by atoms with van der Waals surface area (Å²) in [6.07, 6.45) is 6.80. The van der Waals surface area contributed by atoms with E-state index in [2.05, 4.69) is 40.5 Å². The molecular weight excluding hydrogens is 372 g/mol. The summed E-state index contributed by atoms with van der Waals surface area (Å²) in [6.45, 7) is 7.66. The number of piperazine rings is 1. The number of nitrogens with zero attached hydrogens (tertiary/aromatic N) is 1. The van der Waals surface area contributed by atoms with Crippen LogP contribution in [0.15, 0.2) is 48.5 Å². The van der Waals surface area contributed by atoms with E-state index < -0.39 is 0 Å². The van der Waals surface area contributed by atoms with Crippen LogP contribution in [0.4, 0.5) is 0 Å². The summed E-state index contributed by atoms with van der Waals surface area (Å²) in [5.41, 5.74) is 2.56. The summed E-state index contributed by atoms with van der Waals surface area (Å²) in [6, 6.07) is 17.5. The van der Waals surface area contributed by atoms with Crippen molar-refractivity contribution >= 4 is 0 Å². The molecule has 1 heterocycles. The molecule has 0 spiro atoms. The van der Waals surface area contributed by atoms with Gasteiger partial charge in [-0.3, -0.25) is 4.90 Å². The van der Waals surface area contributed by atoms with Crippen LogP contribution >= 0.6 is 0 Å². The molecule has 4 nitrogen and oxygen atoms in total. The minimum Gasteiger partial charge on any atom is -0.490 e. The lowest BCUT2D eigenvalue weighted by Gasteiger charge is -2.41. The maximum Gasteiger partial charge on any atom is 0.161 e. The molecule has 1 aliphatic heterocycles. The smallest absolute Gasteiger partial charge is 0.161 e. The topological polar surface area (TPSA) is 33.7 Å². The van der Waals surface area contributed by atoms with Crippen molar-refractivity contribution in [2.75, 3.05) is 32.8 Å². The predicted octanol–water partition coefficient (Wildman–Crippen LogP) is 5.19. The van der Waals surface area contributed by atoms with Gasteiger partial charge in [0.15, 0.2) is 11.5 Å². The average Bonchev–Trinajstić information content (AvgIpc) is 2.81. The van der Waals surface area contributed by atoms with Gasteiger partial charge in [-0.1, -0.05) is 55.7 Å². The summed E-state index contributed by atoms with van der Waals surface area (Å²) < 4.78 is 12.2. The second kappa shape index (κ2) is 10.8. The fourth-order valence-corrected chi connectivity index (χ4v) is 5.02. The molecule has 4 rings (SSSR count). The molecule has 2 aliphatic rings. The van der Waals surface area contributed by atoms with E-state index in [1.54, 1.807) is 0 Å². The van der Waals surface area contributed by atoms with Crippen molar-refractivity contribution in [2.45, 2.75) is 51.7 Å². The number of nitrogens with one attached hydrogen (secondary N) is 1. The van der Waals surface area contributed by atoms with Crippen molar-refractivity contribution in [3.8, 4) is 11.5 Å². The van der Waals surface area contributed by atoms with Gasteiger partial charge in [0.2, 0.25) is 0 Å². The number of hydrogen-bond donors (Lipinski definition) is 1. The number of ether oxygens (including phenoxy) is 2. The molecule has 0 bridgehead atoms. The van der Waals surface area contributed by atoms with E-state index in [-0.39, 0.29) is 0 Å². The standard InChI is InChI=1S/C26H36N2O2/c1-2-29-25-19-23(13-14-24(25)30-20-21-9-5-3-6-10-21)26(22-11-7-4-8-12-22)28-17-15-27-16-18-28/h3,5-6,9-10,13-14,19,22,26-27H,2,4,7-8,11-12,15-18,20H2,1H3/t26-/m1/s1. The van der Waals surface area contributed by atoms with E-state index in [9.17, 15) is 0 Å². The van der Waals surface area contributed by atoms with Gasteiger partial charge in [0.05, 0.1) is 6.61 Å². The predicted molar refractivity (Wildman–Crippen MR) is 122 cm³/mol. The molecule has 162 valence electrons. The van der Waals surface area contributed by atoms with Crippen LogP contribution in [0.2, 0.25) is 0 Å². The highest BCUT2D eigenvalue weighted by molar-refractivity contribution is 5.44. The zero-order valence-corrected chi connectivity index (χ0v) is 18.3. The minimum atomic E-state index is 0.481. The van der Waals surface area contributed by atoms with E-state index in [1.165, 1.54) is 43.2 Å². The van der Waals surface area contributed by atoms with Crippen molar-refractivity contribution in [2.24, 2.45) is 5.92 Å². The van der Waals surface area contributed by atoms with Gasteiger partial charge in [-0.05, 0) is 48.9 Å². The van der Waals surface area contributed by atoms with Gasteiger partial charge in [-0.25, -0.2) is 0 Å². The van der Waals surface area contributed by atoms with Crippen LogP contribution in [0.3, 0.4) is 0 Å². The Balaban J connectivity index is 1.57. The van der Waals surface area contributed by atoms with Gasteiger partial charge in [0.25, 0.3) is 0 Å². The van der Waals surface area contributed by atoms with E-state index >= 15 is 0 Å². The van der Waals surface area contributed by atoms with Crippen LogP contribution in [0.25, 0.3) is 0 Å². The third-order valence-corrected chi connectivity index (χ3v) is 6.49. The number of rotatable bonds is 8. The van der Waals surface area contributed by atoms with Crippen molar-refractivity contribution in [3.63, 3.8) is 0 Å². The molecule has 0 radical (unpaired) electrons. The molecule has 0 unspecified atom stereocenters. The lowest BCUT2D eigenvalue weighted by molar-refractivity contribution is 0.103. The monoisotopic (exact) mass is 408 g/mol. The van der Waals surface area contributed by atoms with Crippen LogP contribution in [0, 0.1) is 5.92 Å². The Morgan fingerprint density at radius 1 is 0.933 bits per heavy atom. The third-order valence-electron chi connectivity index (χ3n) is 6.49. The van der Waals surface area contributed by atoms with E-state index in [1.807, 2.05) is 25.1 Å². The average molecular weight is 409 g/mol. The van der Waals surface area contributed by atoms with Crippen molar-refractivity contribution < 1.29 is 9.47 Å². The van der Waals surface area contributed by atoms with Gasteiger partial charge in [-0.2, -0.15) is 0 Å². The van der Waals surface area contributed by atoms with E-state index in [0.29, 0.717) is 19.3 Å². The first-order chi connectivity index (χ1) is 14.8. The highest BCUT2D eigenvalue weighted by Crippen LogP contribution is 2.41. The zero-order valence-electron chi connectivity index (χ0n) is 18.3. The molecule has 1 N–H and O–H groups in total. The van der Waals surface area contributed by atoms with Gasteiger partial charge < -0.3 is 14.8 Å². The fraction of sp³-hybridized carbons (Fsp3) is 0.538. The van der Waals surface area contributed by atoms with Crippen LogP contribution in [0.5, 0.6) is 11.5 Å². The van der Waals surface area contributed by atoms with E-state index in [4.69, 9.17) is 9.47 Å². The van der Waals surface area contributed by atoms with Crippen molar-refractivity contribution in [1.82, 2.24) is 10.2 Å². The van der Waals surface area contributed by atoms with Crippen LogP contribution in [-0.2, 0) is 6.61 Å². The first kappa shape index (κ1) is 21.2. The Labute approximate surface area is 181 Å². The molecule has 2 aromatic carbocycles. The van der Waals surface area contributed by atoms with Gasteiger partial charge in [0, 0.05) is 32.2 Å². The number of hydrogen-bond acceptors (Lipinski definition) is 4. The molecule has 0 amide bonds. The second-order valence-electron chi connectivity index (χ2n) is 8.54. The van der Waals surface area contributed by atoms with Crippen molar-refractivity contribution in [3.05, 3.63) is 59.7 Å². The van der Waals surface area contributed by atoms with Crippen LogP contribution < -0.4 is 14.8 Å². The first-order valence-corrected chi connectivity index (χ1v) is 11.7. The Morgan fingerprint density at radius 3 is 2.43 bits per heavy atom. The Bertz CT molecular complexity index is 750. The second-order valence-corrected chi connectivity index (χ2v) is 8.54. The normalized spacial score (nSPS) is 19.4. The van der Waals surface area contributed by atoms with Gasteiger partial charge >= 0.3 is 0 Å². The summed E-state index contributed by atoms with van der Waals surface area (Å²) in [5.74, 6) is 2.46. The zero-order chi connectivity index (χ0) is 20.6. The lowest BCUT2D eigenvalue weighted by Crippen LogP contribution is -2.47. The maximum atomic E-state index is 6.15. The van der Waals surface area contributed by atoms with Crippen LogP contribution in [-0.4, -0.2) is 37.7 Å². The molecule has 1 aliphatic carbocycles. The number of benzene rings is 2. The molecule has 4 heteroatoms. The Hall–Kier alpha value is -2.04. The largest absolute Gasteiger partial charge is 0.490 e. The molecule has 0 aromatic heterocycles. The first-order valence-electron chi connectivity index (χ1n) is 11.7. The Kier molecular flexibility index (Phi) is 7.65. The van der Waals surface area contributed by atoms with Gasteiger partial charge in [0.1, 0.15) is 6.61 Å². The molecular formula is C26H36N2O2. The summed E-state index contributed by atoms with van der Waals surface area (Å²) >= 11 is 0. The molecule has 2 aromatic rings. The summed E-state index contributed by atoms with van der Waals surface area (Å²) in [7, 11) is 0.